The summed E-state index contributed by atoms with van der Waals surface area (Å²) in [4.78, 5) is 15.4. The summed E-state index contributed by atoms with van der Waals surface area (Å²) in [6.07, 6.45) is 3.90. The second-order valence-electron chi connectivity index (χ2n) is 5.89. The number of rotatable bonds is 5. The minimum absolute atomic E-state index is 0.0269. The van der Waals surface area contributed by atoms with Crippen molar-refractivity contribution in [1.29, 1.82) is 5.26 Å². The number of phenolic OH excluding ortho intramolecular Hbond substituents is 1. The van der Waals surface area contributed by atoms with E-state index in [1.165, 1.54) is 0 Å². The molecule has 1 amide bonds. The first-order chi connectivity index (χ1) is 12.6. The number of fused-ring (bicyclic) bond motifs is 1. The number of amides is 1. The van der Waals surface area contributed by atoms with Crippen molar-refractivity contribution < 1.29 is 9.90 Å². The topological polar surface area (TPSA) is 115 Å². The Balaban J connectivity index is 1.70. The van der Waals surface area contributed by atoms with Crippen molar-refractivity contribution in [2.75, 3.05) is 12.3 Å². The van der Waals surface area contributed by atoms with E-state index >= 15 is 0 Å². The van der Waals surface area contributed by atoms with Gasteiger partial charge in [-0.15, -0.1) is 0 Å². The number of H-pyrrole nitrogens is 1. The molecule has 1 aromatic heterocycles. The lowest BCUT2D eigenvalue weighted by Gasteiger charge is -2.05. The van der Waals surface area contributed by atoms with Gasteiger partial charge in [0.05, 0.1) is 0 Å². The third-order valence-corrected chi connectivity index (χ3v) is 4.04. The molecule has 2 aromatic carbocycles. The molecule has 0 atom stereocenters. The Morgan fingerprint density at radius 1 is 1.27 bits per heavy atom. The summed E-state index contributed by atoms with van der Waals surface area (Å²) in [6, 6.07) is 14.2. The van der Waals surface area contributed by atoms with Gasteiger partial charge in [-0.05, 0) is 48.4 Å². The van der Waals surface area contributed by atoms with E-state index in [-0.39, 0.29) is 11.3 Å². The van der Waals surface area contributed by atoms with Gasteiger partial charge in [0, 0.05) is 34.9 Å². The Bertz CT molecular complexity index is 1010. The monoisotopic (exact) mass is 346 g/mol. The third kappa shape index (κ3) is 3.84. The zero-order valence-corrected chi connectivity index (χ0v) is 14.0. The SMILES string of the molecule is N#CC(=Cc1c[nH]c2ccc(N)cc12)C(=O)NCCc1ccc(O)cc1. The quantitative estimate of drug-likeness (QED) is 0.323. The van der Waals surface area contributed by atoms with Crippen LogP contribution < -0.4 is 11.1 Å². The predicted octanol–water partition coefficient (Wildman–Crippen LogP) is 2.72. The van der Waals surface area contributed by atoms with Crippen molar-refractivity contribution in [3.8, 4) is 11.8 Å². The average molecular weight is 346 g/mol. The van der Waals surface area contributed by atoms with Crippen LogP contribution in [0.3, 0.4) is 0 Å². The number of anilines is 1. The van der Waals surface area contributed by atoms with Crippen LogP contribution in [-0.4, -0.2) is 22.5 Å². The van der Waals surface area contributed by atoms with Crippen LogP contribution in [0.2, 0.25) is 0 Å². The number of aromatic hydroxyl groups is 1. The smallest absolute Gasteiger partial charge is 0.261 e. The van der Waals surface area contributed by atoms with Crippen molar-refractivity contribution >= 4 is 28.6 Å². The summed E-state index contributed by atoms with van der Waals surface area (Å²) < 4.78 is 0. The first-order valence-corrected chi connectivity index (χ1v) is 8.11. The standard InChI is InChI=1S/C20H18N4O2/c21-11-14(9-15-12-24-19-6-3-16(22)10-18(15)19)20(26)23-8-7-13-1-4-17(25)5-2-13/h1-6,9-10,12,24-25H,7-8,22H2,(H,23,26). The summed E-state index contributed by atoms with van der Waals surface area (Å²) in [6.45, 7) is 0.392. The minimum Gasteiger partial charge on any atom is -0.508 e. The molecule has 0 spiro atoms. The number of hydrogen-bond acceptors (Lipinski definition) is 4. The van der Waals surface area contributed by atoms with Crippen molar-refractivity contribution in [3.63, 3.8) is 0 Å². The number of carbonyl (C=O) groups excluding carboxylic acids is 1. The highest BCUT2D eigenvalue weighted by Crippen LogP contribution is 2.23. The maximum absolute atomic E-state index is 12.3. The van der Waals surface area contributed by atoms with Gasteiger partial charge in [-0.2, -0.15) is 5.26 Å². The first-order valence-electron chi connectivity index (χ1n) is 8.11. The number of phenols is 1. The van der Waals surface area contributed by atoms with Gasteiger partial charge in [-0.25, -0.2) is 0 Å². The Morgan fingerprint density at radius 3 is 2.77 bits per heavy atom. The molecule has 130 valence electrons. The number of nitrogen functional groups attached to an aromatic ring is 1. The van der Waals surface area contributed by atoms with Gasteiger partial charge in [0.1, 0.15) is 17.4 Å². The van der Waals surface area contributed by atoms with E-state index in [1.54, 1.807) is 48.7 Å². The minimum atomic E-state index is -0.426. The van der Waals surface area contributed by atoms with Crippen LogP contribution in [0.4, 0.5) is 5.69 Å². The summed E-state index contributed by atoms with van der Waals surface area (Å²) >= 11 is 0. The largest absolute Gasteiger partial charge is 0.508 e. The predicted molar refractivity (Wildman–Crippen MR) is 101 cm³/mol. The van der Waals surface area contributed by atoms with Crippen LogP contribution in [0.25, 0.3) is 17.0 Å². The van der Waals surface area contributed by atoms with Crippen molar-refractivity contribution in [3.05, 3.63) is 65.4 Å². The molecule has 3 aromatic rings. The van der Waals surface area contributed by atoms with Crippen LogP contribution in [0.1, 0.15) is 11.1 Å². The summed E-state index contributed by atoms with van der Waals surface area (Å²) in [5.41, 5.74) is 9.05. The number of benzene rings is 2. The van der Waals surface area contributed by atoms with Gasteiger partial charge < -0.3 is 21.1 Å². The van der Waals surface area contributed by atoms with Gasteiger partial charge in [0.15, 0.2) is 0 Å². The summed E-state index contributed by atoms with van der Waals surface area (Å²) in [5, 5.41) is 22.2. The van der Waals surface area contributed by atoms with Crippen LogP contribution in [0, 0.1) is 11.3 Å². The Labute approximate surface area is 150 Å². The van der Waals surface area contributed by atoms with Crippen LogP contribution in [0.5, 0.6) is 5.75 Å². The number of carbonyl (C=O) groups is 1. The Kier molecular flexibility index (Phi) is 4.90. The zero-order chi connectivity index (χ0) is 18.5. The lowest BCUT2D eigenvalue weighted by molar-refractivity contribution is -0.117. The molecule has 0 radical (unpaired) electrons. The van der Waals surface area contributed by atoms with Crippen molar-refractivity contribution in [1.82, 2.24) is 10.3 Å². The molecule has 0 fully saturated rings. The van der Waals surface area contributed by atoms with Crippen molar-refractivity contribution in [2.24, 2.45) is 0 Å². The van der Waals surface area contributed by atoms with E-state index in [4.69, 9.17) is 5.73 Å². The number of aromatic amines is 1. The first kappa shape index (κ1) is 17.1. The highest BCUT2D eigenvalue weighted by molar-refractivity contribution is 6.04. The van der Waals surface area contributed by atoms with Gasteiger partial charge >= 0.3 is 0 Å². The summed E-state index contributed by atoms with van der Waals surface area (Å²) in [7, 11) is 0. The average Bonchev–Trinajstić information content (AvgIpc) is 3.03. The molecule has 0 saturated heterocycles. The van der Waals surface area contributed by atoms with Gasteiger partial charge in [0.25, 0.3) is 5.91 Å². The van der Waals surface area contributed by atoms with Gasteiger partial charge in [-0.3, -0.25) is 4.79 Å². The molecule has 1 heterocycles. The lowest BCUT2D eigenvalue weighted by Crippen LogP contribution is -2.26. The fourth-order valence-electron chi connectivity index (χ4n) is 2.66. The Hall–Kier alpha value is -3.72. The molecule has 3 rings (SSSR count). The molecule has 6 heteroatoms. The highest BCUT2D eigenvalue weighted by Gasteiger charge is 2.10. The fourth-order valence-corrected chi connectivity index (χ4v) is 2.66. The zero-order valence-electron chi connectivity index (χ0n) is 14.0. The molecular formula is C20H18N4O2. The molecule has 0 unspecified atom stereocenters. The highest BCUT2D eigenvalue weighted by atomic mass is 16.3. The lowest BCUT2D eigenvalue weighted by atomic mass is 10.1. The molecular weight excluding hydrogens is 328 g/mol. The molecule has 5 N–H and O–H groups in total. The number of nitrogens with one attached hydrogen (secondary N) is 2. The molecule has 0 aliphatic carbocycles. The Morgan fingerprint density at radius 2 is 2.04 bits per heavy atom. The number of nitrogens with zero attached hydrogens (tertiary/aromatic N) is 1. The summed E-state index contributed by atoms with van der Waals surface area (Å²) in [5.74, 6) is -0.226. The van der Waals surface area contributed by atoms with Crippen LogP contribution in [-0.2, 0) is 11.2 Å². The van der Waals surface area contributed by atoms with Gasteiger partial charge in [0.2, 0.25) is 0 Å². The van der Waals surface area contributed by atoms with E-state index in [0.29, 0.717) is 18.7 Å². The van der Waals surface area contributed by atoms with Gasteiger partial charge in [-0.1, -0.05) is 12.1 Å². The van der Waals surface area contributed by atoms with E-state index in [0.717, 1.165) is 22.0 Å². The maximum Gasteiger partial charge on any atom is 0.261 e. The number of hydrogen-bond donors (Lipinski definition) is 4. The van der Waals surface area contributed by atoms with E-state index in [1.807, 2.05) is 12.1 Å². The third-order valence-electron chi connectivity index (χ3n) is 4.04. The normalized spacial score (nSPS) is 11.3. The van der Waals surface area contributed by atoms with E-state index in [2.05, 4.69) is 10.3 Å². The van der Waals surface area contributed by atoms with E-state index in [9.17, 15) is 15.2 Å². The molecule has 0 saturated carbocycles. The van der Waals surface area contributed by atoms with Crippen LogP contribution in [0.15, 0.2) is 54.2 Å². The fraction of sp³-hybridized carbons (Fsp3) is 0.100. The van der Waals surface area contributed by atoms with Crippen LogP contribution >= 0.6 is 0 Å². The molecule has 6 nitrogen and oxygen atoms in total. The molecule has 0 bridgehead atoms. The van der Waals surface area contributed by atoms with E-state index < -0.39 is 5.91 Å². The molecule has 26 heavy (non-hydrogen) atoms. The second kappa shape index (κ2) is 7.45. The number of nitriles is 1. The molecule has 0 aliphatic rings. The number of nitrogens with two attached hydrogens (primary N) is 1. The van der Waals surface area contributed by atoms with Crippen molar-refractivity contribution in [2.45, 2.75) is 6.42 Å². The second-order valence-corrected chi connectivity index (χ2v) is 5.89. The maximum atomic E-state index is 12.3. The number of aromatic nitrogens is 1. The molecule has 0 aliphatic heterocycles.